The van der Waals surface area contributed by atoms with Crippen LogP contribution in [0.4, 0.5) is 0 Å². The molecule has 0 atom stereocenters. The quantitative estimate of drug-likeness (QED) is 0.392. The van der Waals surface area contributed by atoms with E-state index in [1.807, 2.05) is 12.1 Å². The molecule has 2 aromatic rings. The summed E-state index contributed by atoms with van der Waals surface area (Å²) in [5.74, 6) is 0.792. The lowest BCUT2D eigenvalue weighted by atomic mass is 10.2. The monoisotopic (exact) mass is 282 g/mol. The summed E-state index contributed by atoms with van der Waals surface area (Å²) in [6, 6.07) is 10.8. The van der Waals surface area contributed by atoms with Crippen molar-refractivity contribution in [1.82, 2.24) is 0 Å². The Labute approximate surface area is 113 Å². The molecule has 4 nitrogen and oxygen atoms in total. The first-order valence-electron chi connectivity index (χ1n) is 5.14. The van der Waals surface area contributed by atoms with Gasteiger partial charge in [-0.25, -0.2) is 0 Å². The highest BCUT2D eigenvalue weighted by molar-refractivity contribution is 7.16. The normalized spacial score (nSPS) is 11.5. The van der Waals surface area contributed by atoms with E-state index >= 15 is 0 Å². The van der Waals surface area contributed by atoms with Crippen LogP contribution in [0.15, 0.2) is 41.6 Å². The fourth-order valence-corrected chi connectivity index (χ4v) is 2.36. The zero-order chi connectivity index (χ0) is 13.0. The minimum atomic E-state index is 0.0755. The van der Waals surface area contributed by atoms with Gasteiger partial charge < -0.3 is 15.7 Å². The largest absolute Gasteiger partial charge is 0.488 e. The molecule has 0 saturated carbocycles. The number of nitrogens with two attached hydrogens (primary N) is 1. The molecule has 0 saturated heterocycles. The minimum absolute atomic E-state index is 0.0755. The van der Waals surface area contributed by atoms with Gasteiger partial charge >= 0.3 is 0 Å². The average molecular weight is 283 g/mol. The third-order valence-electron chi connectivity index (χ3n) is 2.27. The van der Waals surface area contributed by atoms with Crippen molar-refractivity contribution in [3.63, 3.8) is 0 Å². The number of benzene rings is 1. The van der Waals surface area contributed by atoms with Gasteiger partial charge in [0.25, 0.3) is 0 Å². The maximum Gasteiger partial charge on any atom is 0.170 e. The zero-order valence-electron chi connectivity index (χ0n) is 9.34. The van der Waals surface area contributed by atoms with E-state index < -0.39 is 0 Å². The van der Waals surface area contributed by atoms with Crippen LogP contribution in [0.25, 0.3) is 0 Å². The fraction of sp³-hybridized carbons (Fsp3) is 0.0833. The van der Waals surface area contributed by atoms with Crippen LogP contribution < -0.4 is 10.5 Å². The second-order valence-electron chi connectivity index (χ2n) is 3.50. The van der Waals surface area contributed by atoms with E-state index in [2.05, 4.69) is 5.16 Å². The molecule has 94 valence electrons. The van der Waals surface area contributed by atoms with Gasteiger partial charge in [0.2, 0.25) is 0 Å². The van der Waals surface area contributed by atoms with Crippen LogP contribution in [-0.2, 0) is 6.61 Å². The molecule has 6 heteroatoms. The molecule has 0 aliphatic heterocycles. The number of hydrogen-bond acceptors (Lipinski definition) is 4. The highest BCUT2D eigenvalue weighted by Crippen LogP contribution is 2.23. The lowest BCUT2D eigenvalue weighted by Gasteiger charge is -2.05. The first-order valence-corrected chi connectivity index (χ1v) is 6.33. The summed E-state index contributed by atoms with van der Waals surface area (Å²) < 4.78 is 6.33. The van der Waals surface area contributed by atoms with Gasteiger partial charge in [0.1, 0.15) is 12.4 Å². The fourth-order valence-electron chi connectivity index (χ4n) is 1.36. The Morgan fingerprint density at radius 3 is 2.56 bits per heavy atom. The number of halogens is 1. The molecule has 0 fully saturated rings. The average Bonchev–Trinajstić information content (AvgIpc) is 2.82. The molecule has 0 bridgehead atoms. The van der Waals surface area contributed by atoms with Gasteiger partial charge in [-0.05, 0) is 36.4 Å². The third kappa shape index (κ3) is 3.15. The van der Waals surface area contributed by atoms with Crippen LogP contribution in [0.1, 0.15) is 10.4 Å². The van der Waals surface area contributed by atoms with Crippen LogP contribution in [0.5, 0.6) is 5.75 Å². The molecule has 1 heterocycles. The van der Waals surface area contributed by atoms with E-state index in [0.29, 0.717) is 17.9 Å². The number of hydrogen-bond donors (Lipinski definition) is 2. The van der Waals surface area contributed by atoms with Gasteiger partial charge in [-0.3, -0.25) is 0 Å². The van der Waals surface area contributed by atoms with E-state index in [0.717, 1.165) is 9.21 Å². The van der Waals surface area contributed by atoms with Crippen LogP contribution in [0.3, 0.4) is 0 Å². The number of amidine groups is 1. The molecule has 2 rings (SSSR count). The molecule has 0 unspecified atom stereocenters. The van der Waals surface area contributed by atoms with Gasteiger partial charge in [0, 0.05) is 10.4 Å². The van der Waals surface area contributed by atoms with Gasteiger partial charge in [-0.2, -0.15) is 0 Å². The van der Waals surface area contributed by atoms with Gasteiger partial charge in [-0.1, -0.05) is 16.8 Å². The lowest BCUT2D eigenvalue weighted by Crippen LogP contribution is -2.12. The molecular formula is C12H11ClN2O2S. The van der Waals surface area contributed by atoms with Crippen molar-refractivity contribution in [2.24, 2.45) is 10.9 Å². The van der Waals surface area contributed by atoms with Gasteiger partial charge in [-0.15, -0.1) is 11.3 Å². The molecule has 0 aliphatic carbocycles. The Kier molecular flexibility index (Phi) is 4.07. The molecule has 0 spiro atoms. The van der Waals surface area contributed by atoms with Gasteiger partial charge in [0.15, 0.2) is 5.84 Å². The molecule has 0 amide bonds. The topological polar surface area (TPSA) is 67.8 Å². The Morgan fingerprint density at radius 1 is 1.28 bits per heavy atom. The molecule has 18 heavy (non-hydrogen) atoms. The van der Waals surface area contributed by atoms with Crippen molar-refractivity contribution in [2.45, 2.75) is 6.61 Å². The second-order valence-corrected chi connectivity index (χ2v) is 5.30. The van der Waals surface area contributed by atoms with E-state index in [1.54, 1.807) is 24.3 Å². The van der Waals surface area contributed by atoms with Crippen molar-refractivity contribution in [1.29, 1.82) is 0 Å². The highest BCUT2D eigenvalue weighted by atomic mass is 35.5. The summed E-state index contributed by atoms with van der Waals surface area (Å²) in [7, 11) is 0. The van der Waals surface area contributed by atoms with Crippen LogP contribution in [0.2, 0.25) is 4.34 Å². The molecule has 1 aromatic carbocycles. The summed E-state index contributed by atoms with van der Waals surface area (Å²) in [6.45, 7) is 0.473. The Morgan fingerprint density at radius 2 is 2.00 bits per heavy atom. The first kappa shape index (κ1) is 12.7. The summed E-state index contributed by atoms with van der Waals surface area (Å²) in [4.78, 5) is 1.06. The molecular weight excluding hydrogens is 272 g/mol. The number of ether oxygens (including phenoxy) is 1. The van der Waals surface area contributed by atoms with Crippen molar-refractivity contribution in [3.05, 3.63) is 51.2 Å². The molecule has 0 aliphatic rings. The number of oxime groups is 1. The summed E-state index contributed by atoms with van der Waals surface area (Å²) in [5.41, 5.74) is 6.10. The standard InChI is InChI=1S/C12H11ClN2O2S/c13-11-6-5-10(18-11)7-17-9-3-1-8(2-4-9)12(14)15-16/h1-6,16H,7H2,(H2,14,15). The van der Waals surface area contributed by atoms with Crippen molar-refractivity contribution in [2.75, 3.05) is 0 Å². The first-order chi connectivity index (χ1) is 8.69. The smallest absolute Gasteiger partial charge is 0.170 e. The number of nitrogens with zero attached hydrogens (tertiary/aromatic N) is 1. The number of rotatable bonds is 4. The lowest BCUT2D eigenvalue weighted by molar-refractivity contribution is 0.309. The predicted molar refractivity (Wildman–Crippen MR) is 72.6 cm³/mol. The maximum atomic E-state index is 8.53. The second kappa shape index (κ2) is 5.75. The summed E-state index contributed by atoms with van der Waals surface area (Å²) >= 11 is 7.31. The van der Waals surface area contributed by atoms with E-state index in [4.69, 9.17) is 27.3 Å². The van der Waals surface area contributed by atoms with Gasteiger partial charge in [0.05, 0.1) is 4.34 Å². The molecule has 0 radical (unpaired) electrons. The van der Waals surface area contributed by atoms with Crippen LogP contribution in [0, 0.1) is 0 Å². The van der Waals surface area contributed by atoms with Crippen LogP contribution in [-0.4, -0.2) is 11.0 Å². The highest BCUT2D eigenvalue weighted by Gasteiger charge is 2.01. The van der Waals surface area contributed by atoms with Crippen LogP contribution >= 0.6 is 22.9 Å². The Hall–Kier alpha value is -1.72. The maximum absolute atomic E-state index is 8.53. The minimum Gasteiger partial charge on any atom is -0.488 e. The Bertz CT molecular complexity index is 551. The predicted octanol–water partition coefficient (Wildman–Crippen LogP) is 3.08. The Balaban J connectivity index is 1.98. The summed E-state index contributed by atoms with van der Waals surface area (Å²) in [6.07, 6.45) is 0. The van der Waals surface area contributed by atoms with Crippen molar-refractivity contribution < 1.29 is 9.94 Å². The summed E-state index contributed by atoms with van der Waals surface area (Å²) in [5, 5.41) is 11.5. The van der Waals surface area contributed by atoms with Crippen molar-refractivity contribution >= 4 is 28.8 Å². The van der Waals surface area contributed by atoms with E-state index in [9.17, 15) is 0 Å². The third-order valence-corrected chi connectivity index (χ3v) is 3.47. The van der Waals surface area contributed by atoms with Crippen molar-refractivity contribution in [3.8, 4) is 5.75 Å². The number of thiophene rings is 1. The van der Waals surface area contributed by atoms with E-state index in [1.165, 1.54) is 11.3 Å². The zero-order valence-corrected chi connectivity index (χ0v) is 10.9. The molecule has 3 N–H and O–H groups in total. The SMILES string of the molecule is N/C(=N\O)c1ccc(OCc2ccc(Cl)s2)cc1. The molecule has 1 aromatic heterocycles. The van der Waals surface area contributed by atoms with E-state index in [-0.39, 0.29) is 5.84 Å².